The van der Waals surface area contributed by atoms with Gasteiger partial charge < -0.3 is 14.6 Å². The van der Waals surface area contributed by atoms with Gasteiger partial charge in [0.25, 0.3) is 0 Å². The lowest BCUT2D eigenvalue weighted by Crippen LogP contribution is -2.35. The molecule has 1 N–H and O–H groups in total. The number of piperidine rings is 1. The highest BCUT2D eigenvalue weighted by Gasteiger charge is 2.38. The van der Waals surface area contributed by atoms with Crippen LogP contribution in [0, 0.1) is 5.92 Å². The number of aliphatic carboxylic acids is 1. The van der Waals surface area contributed by atoms with Gasteiger partial charge >= 0.3 is 12.1 Å². The van der Waals surface area contributed by atoms with Crippen LogP contribution in [0.3, 0.4) is 0 Å². The van der Waals surface area contributed by atoms with Crippen LogP contribution in [0.5, 0.6) is 11.5 Å². The van der Waals surface area contributed by atoms with Crippen molar-refractivity contribution in [2.45, 2.75) is 25.9 Å². The second-order valence-electron chi connectivity index (χ2n) is 5.85. The summed E-state index contributed by atoms with van der Waals surface area (Å²) in [6, 6.07) is 7.77. The molecule has 8 heteroatoms. The Kier molecular flexibility index (Phi) is 8.54. The summed E-state index contributed by atoms with van der Waals surface area (Å²) in [5.74, 6) is -0.0789. The van der Waals surface area contributed by atoms with Gasteiger partial charge in [-0.1, -0.05) is 6.92 Å². The number of likely N-dealkylation sites (tertiary alicyclic amines) is 1. The van der Waals surface area contributed by atoms with E-state index in [9.17, 15) is 13.2 Å². The van der Waals surface area contributed by atoms with Crippen LogP contribution in [0.15, 0.2) is 24.3 Å². The van der Waals surface area contributed by atoms with Gasteiger partial charge in [0.15, 0.2) is 0 Å². The number of carbonyl (C=O) groups is 1. The first kappa shape index (κ1) is 21.1. The minimum Gasteiger partial charge on any atom is -0.497 e. The molecule has 25 heavy (non-hydrogen) atoms. The first-order valence-electron chi connectivity index (χ1n) is 8.01. The summed E-state index contributed by atoms with van der Waals surface area (Å²) >= 11 is 0. The molecule has 0 atom stereocenters. The molecule has 5 nitrogen and oxygen atoms in total. The Morgan fingerprint density at radius 1 is 1.20 bits per heavy atom. The van der Waals surface area contributed by atoms with Gasteiger partial charge in [0.2, 0.25) is 0 Å². The molecule has 0 amide bonds. The third-order valence-electron chi connectivity index (χ3n) is 3.85. The van der Waals surface area contributed by atoms with E-state index in [-0.39, 0.29) is 0 Å². The van der Waals surface area contributed by atoms with Gasteiger partial charge in [-0.3, -0.25) is 4.90 Å². The van der Waals surface area contributed by atoms with Crippen molar-refractivity contribution >= 4 is 5.97 Å². The van der Waals surface area contributed by atoms with E-state index < -0.39 is 12.1 Å². The quantitative estimate of drug-likeness (QED) is 0.868. The SMILES string of the molecule is COc1ccc(OCCN2CCC(C)CC2)cc1.O=C(O)C(F)(F)F. The zero-order valence-corrected chi connectivity index (χ0v) is 14.4. The Balaban J connectivity index is 0.000000381. The lowest BCUT2D eigenvalue weighted by atomic mass is 9.99. The minimum absolute atomic E-state index is 0.765. The van der Waals surface area contributed by atoms with Gasteiger partial charge in [-0.05, 0) is 56.1 Å². The van der Waals surface area contributed by atoms with Gasteiger partial charge in [-0.2, -0.15) is 13.2 Å². The van der Waals surface area contributed by atoms with E-state index in [1.54, 1.807) is 7.11 Å². The van der Waals surface area contributed by atoms with Crippen LogP contribution in [0.2, 0.25) is 0 Å². The third kappa shape index (κ3) is 8.62. The maximum Gasteiger partial charge on any atom is 0.490 e. The summed E-state index contributed by atoms with van der Waals surface area (Å²) in [6.07, 6.45) is -2.44. The van der Waals surface area contributed by atoms with Crippen molar-refractivity contribution in [3.63, 3.8) is 0 Å². The molecule has 0 saturated carbocycles. The molecular weight excluding hydrogens is 339 g/mol. The Morgan fingerprint density at radius 3 is 2.12 bits per heavy atom. The standard InChI is InChI=1S/C15H23NO2.C2HF3O2/c1-13-7-9-16(10-8-13)11-12-18-15-5-3-14(17-2)4-6-15;3-2(4,5)1(6)7/h3-6,13H,7-12H2,1-2H3;(H,6,7). The molecule has 1 aromatic rings. The van der Waals surface area contributed by atoms with E-state index in [1.807, 2.05) is 24.3 Å². The topological polar surface area (TPSA) is 59.0 Å². The van der Waals surface area contributed by atoms with Gasteiger partial charge in [0.1, 0.15) is 18.1 Å². The molecule has 1 aromatic carbocycles. The summed E-state index contributed by atoms with van der Waals surface area (Å²) in [4.78, 5) is 11.4. The fourth-order valence-electron chi connectivity index (χ4n) is 2.25. The third-order valence-corrected chi connectivity index (χ3v) is 3.85. The molecule has 1 saturated heterocycles. The number of carboxylic acids is 1. The summed E-state index contributed by atoms with van der Waals surface area (Å²) in [5.41, 5.74) is 0. The zero-order valence-electron chi connectivity index (χ0n) is 14.4. The van der Waals surface area contributed by atoms with Crippen molar-refractivity contribution in [1.82, 2.24) is 4.90 Å². The van der Waals surface area contributed by atoms with Crippen molar-refractivity contribution in [1.29, 1.82) is 0 Å². The van der Waals surface area contributed by atoms with E-state index >= 15 is 0 Å². The van der Waals surface area contributed by atoms with Gasteiger partial charge in [-0.15, -0.1) is 0 Å². The predicted octanol–water partition coefficient (Wildman–Crippen LogP) is 3.44. The highest BCUT2D eigenvalue weighted by Crippen LogP contribution is 2.18. The predicted molar refractivity (Wildman–Crippen MR) is 87.0 cm³/mol. The van der Waals surface area contributed by atoms with Gasteiger partial charge in [0.05, 0.1) is 7.11 Å². The summed E-state index contributed by atoms with van der Waals surface area (Å²) < 4.78 is 42.6. The molecular formula is C17H24F3NO4. The zero-order chi connectivity index (χ0) is 18.9. The average Bonchev–Trinajstić information content (AvgIpc) is 2.57. The number of hydrogen-bond acceptors (Lipinski definition) is 4. The number of benzene rings is 1. The van der Waals surface area contributed by atoms with E-state index in [2.05, 4.69) is 11.8 Å². The normalized spacial score (nSPS) is 15.9. The highest BCUT2D eigenvalue weighted by atomic mass is 19.4. The number of rotatable bonds is 5. The smallest absolute Gasteiger partial charge is 0.490 e. The molecule has 2 rings (SSSR count). The number of halogens is 3. The van der Waals surface area contributed by atoms with Crippen LogP contribution in [-0.4, -0.2) is 55.5 Å². The molecule has 0 spiro atoms. The number of carboxylic acid groups (broad SMARTS) is 1. The lowest BCUT2D eigenvalue weighted by molar-refractivity contribution is -0.192. The molecule has 0 aliphatic carbocycles. The van der Waals surface area contributed by atoms with E-state index in [0.717, 1.165) is 30.6 Å². The van der Waals surface area contributed by atoms with Crippen molar-refractivity contribution in [3.05, 3.63) is 24.3 Å². The molecule has 1 aliphatic heterocycles. The summed E-state index contributed by atoms with van der Waals surface area (Å²) in [6.45, 7) is 6.56. The van der Waals surface area contributed by atoms with Crippen LogP contribution in [0.1, 0.15) is 19.8 Å². The number of nitrogens with zero attached hydrogens (tertiary/aromatic N) is 1. The molecule has 0 bridgehead atoms. The average molecular weight is 363 g/mol. The molecule has 1 fully saturated rings. The minimum atomic E-state index is -5.08. The molecule has 1 heterocycles. The van der Waals surface area contributed by atoms with E-state index in [0.29, 0.717) is 0 Å². The van der Waals surface area contributed by atoms with Crippen LogP contribution >= 0.6 is 0 Å². The number of alkyl halides is 3. The van der Waals surface area contributed by atoms with Gasteiger partial charge in [-0.25, -0.2) is 4.79 Å². The fraction of sp³-hybridized carbons (Fsp3) is 0.588. The summed E-state index contributed by atoms with van der Waals surface area (Å²) in [5, 5.41) is 7.12. The second-order valence-corrected chi connectivity index (χ2v) is 5.85. The van der Waals surface area contributed by atoms with Crippen molar-refractivity contribution < 1.29 is 32.5 Å². The van der Waals surface area contributed by atoms with E-state index in [1.165, 1.54) is 25.9 Å². The monoisotopic (exact) mass is 363 g/mol. The molecule has 0 aromatic heterocycles. The Bertz CT molecular complexity index is 512. The lowest BCUT2D eigenvalue weighted by Gasteiger charge is -2.29. The van der Waals surface area contributed by atoms with Gasteiger partial charge in [0, 0.05) is 6.54 Å². The molecule has 142 valence electrons. The number of hydrogen-bond donors (Lipinski definition) is 1. The number of ether oxygens (including phenoxy) is 2. The largest absolute Gasteiger partial charge is 0.497 e. The maximum atomic E-state index is 10.6. The van der Waals surface area contributed by atoms with Crippen LogP contribution in [-0.2, 0) is 4.79 Å². The maximum absolute atomic E-state index is 10.6. The Labute approximate surface area is 145 Å². The van der Waals surface area contributed by atoms with Crippen molar-refractivity contribution in [2.75, 3.05) is 33.4 Å². The Morgan fingerprint density at radius 2 is 1.68 bits per heavy atom. The highest BCUT2D eigenvalue weighted by molar-refractivity contribution is 5.73. The molecule has 0 unspecified atom stereocenters. The molecule has 0 radical (unpaired) electrons. The number of methoxy groups -OCH3 is 1. The summed E-state index contributed by atoms with van der Waals surface area (Å²) in [7, 11) is 1.67. The second kappa shape index (κ2) is 10.1. The Hall–Kier alpha value is -1.96. The fourth-order valence-corrected chi connectivity index (χ4v) is 2.25. The van der Waals surface area contributed by atoms with Crippen LogP contribution in [0.25, 0.3) is 0 Å². The van der Waals surface area contributed by atoms with E-state index in [4.69, 9.17) is 19.4 Å². The first-order chi connectivity index (χ1) is 11.7. The van der Waals surface area contributed by atoms with Crippen LogP contribution < -0.4 is 9.47 Å². The van der Waals surface area contributed by atoms with Crippen LogP contribution in [0.4, 0.5) is 13.2 Å². The van der Waals surface area contributed by atoms with Crippen molar-refractivity contribution in [2.24, 2.45) is 5.92 Å². The first-order valence-corrected chi connectivity index (χ1v) is 8.01. The van der Waals surface area contributed by atoms with Crippen molar-refractivity contribution in [3.8, 4) is 11.5 Å². The molecule has 1 aliphatic rings.